The fourth-order valence-electron chi connectivity index (χ4n) is 1.27. The molecule has 0 spiro atoms. The molecular formula is C11H20N4S. The van der Waals surface area contributed by atoms with E-state index in [1.165, 1.54) is 0 Å². The summed E-state index contributed by atoms with van der Waals surface area (Å²) in [7, 11) is 0. The van der Waals surface area contributed by atoms with E-state index in [9.17, 15) is 0 Å². The lowest BCUT2D eigenvalue weighted by molar-refractivity contribution is 0.749. The van der Waals surface area contributed by atoms with Crippen molar-refractivity contribution in [2.45, 2.75) is 39.4 Å². The zero-order valence-electron chi connectivity index (χ0n) is 10.2. The van der Waals surface area contributed by atoms with Crippen LogP contribution in [0.1, 0.15) is 38.8 Å². The number of anilines is 1. The number of hydrogen-bond donors (Lipinski definition) is 1. The minimum Gasteiger partial charge on any atom is -0.368 e. The van der Waals surface area contributed by atoms with Gasteiger partial charge in [-0.2, -0.15) is 21.7 Å². The molecule has 0 aliphatic rings. The Morgan fingerprint density at radius 3 is 2.50 bits per heavy atom. The molecule has 0 saturated carbocycles. The van der Waals surface area contributed by atoms with E-state index >= 15 is 0 Å². The van der Waals surface area contributed by atoms with Crippen LogP contribution in [0.25, 0.3) is 0 Å². The Bertz CT molecular complexity index is 328. The Balaban J connectivity index is 2.58. The summed E-state index contributed by atoms with van der Waals surface area (Å²) >= 11 is 1.84. The highest BCUT2D eigenvalue weighted by molar-refractivity contribution is 7.98. The van der Waals surface area contributed by atoms with Gasteiger partial charge in [0.15, 0.2) is 0 Å². The first-order valence-electron chi connectivity index (χ1n) is 5.68. The molecule has 0 aromatic carbocycles. The fourth-order valence-corrected chi connectivity index (χ4v) is 2.18. The maximum Gasteiger partial charge on any atom is 0.223 e. The molecule has 0 bridgehead atoms. The second-order valence-electron chi connectivity index (χ2n) is 4.19. The number of nitrogen functional groups attached to an aromatic ring is 1. The number of hydrogen-bond acceptors (Lipinski definition) is 5. The molecule has 1 heterocycles. The first kappa shape index (κ1) is 13.2. The Labute approximate surface area is 101 Å². The smallest absolute Gasteiger partial charge is 0.223 e. The average molecular weight is 240 g/mol. The van der Waals surface area contributed by atoms with Gasteiger partial charge in [-0.3, -0.25) is 0 Å². The topological polar surface area (TPSA) is 64.7 Å². The van der Waals surface area contributed by atoms with E-state index in [-0.39, 0.29) is 0 Å². The molecule has 5 heteroatoms. The molecule has 0 aliphatic heterocycles. The van der Waals surface area contributed by atoms with Gasteiger partial charge in [0.25, 0.3) is 0 Å². The van der Waals surface area contributed by atoms with E-state index in [2.05, 4.69) is 35.7 Å². The Kier molecular flexibility index (Phi) is 5.52. The molecule has 2 N–H and O–H groups in total. The number of aromatic nitrogens is 3. The van der Waals surface area contributed by atoms with Crippen molar-refractivity contribution in [1.82, 2.24) is 15.0 Å². The van der Waals surface area contributed by atoms with Crippen molar-refractivity contribution in [3.63, 3.8) is 0 Å². The molecule has 0 unspecified atom stereocenters. The van der Waals surface area contributed by atoms with Crippen molar-refractivity contribution >= 4 is 17.7 Å². The molecule has 1 rings (SSSR count). The maximum atomic E-state index is 5.65. The number of rotatable bonds is 6. The molecule has 0 atom stereocenters. The predicted molar refractivity (Wildman–Crippen MR) is 69.2 cm³/mol. The number of aryl methyl sites for hydroxylation is 1. The van der Waals surface area contributed by atoms with E-state index in [0.29, 0.717) is 11.9 Å². The van der Waals surface area contributed by atoms with E-state index in [1.807, 2.05) is 11.8 Å². The molecule has 0 aliphatic carbocycles. The Morgan fingerprint density at radius 1 is 1.19 bits per heavy atom. The summed E-state index contributed by atoms with van der Waals surface area (Å²) in [5.41, 5.74) is 5.65. The average Bonchev–Trinajstić information content (AvgIpc) is 2.16. The van der Waals surface area contributed by atoms with Gasteiger partial charge < -0.3 is 5.73 Å². The highest BCUT2D eigenvalue weighted by Crippen LogP contribution is 2.13. The number of nitrogens with zero attached hydrogens (tertiary/aromatic N) is 3. The molecule has 90 valence electrons. The number of thioether (sulfide) groups is 1. The summed E-state index contributed by atoms with van der Waals surface area (Å²) in [6.07, 6.45) is 1.90. The van der Waals surface area contributed by atoms with Crippen molar-refractivity contribution < 1.29 is 0 Å². The summed E-state index contributed by atoms with van der Waals surface area (Å²) < 4.78 is 0. The van der Waals surface area contributed by atoms with Crippen LogP contribution in [0.5, 0.6) is 0 Å². The van der Waals surface area contributed by atoms with E-state index in [4.69, 9.17) is 5.73 Å². The molecule has 0 radical (unpaired) electrons. The van der Waals surface area contributed by atoms with Crippen LogP contribution in [0.2, 0.25) is 0 Å². The Morgan fingerprint density at radius 2 is 1.88 bits per heavy atom. The van der Waals surface area contributed by atoms with Crippen molar-refractivity contribution in [2.24, 2.45) is 5.92 Å². The van der Waals surface area contributed by atoms with Crippen molar-refractivity contribution in [1.29, 1.82) is 0 Å². The molecule has 4 nitrogen and oxygen atoms in total. The lowest BCUT2D eigenvalue weighted by atomic mass is 10.3. The van der Waals surface area contributed by atoms with Crippen LogP contribution in [0.15, 0.2) is 0 Å². The Hall–Kier alpha value is -0.840. The summed E-state index contributed by atoms with van der Waals surface area (Å²) in [4.78, 5) is 12.7. The number of nitrogens with two attached hydrogens (primary N) is 1. The van der Waals surface area contributed by atoms with E-state index < -0.39 is 0 Å². The molecule has 0 saturated heterocycles. The highest BCUT2D eigenvalue weighted by atomic mass is 32.2. The summed E-state index contributed by atoms with van der Waals surface area (Å²) in [6, 6.07) is 0. The fraction of sp³-hybridized carbons (Fsp3) is 0.727. The van der Waals surface area contributed by atoms with Crippen LogP contribution in [0, 0.1) is 5.92 Å². The third-order valence-electron chi connectivity index (χ3n) is 1.90. The lowest BCUT2D eigenvalue weighted by Gasteiger charge is -2.05. The molecule has 0 fully saturated rings. The normalized spacial score (nSPS) is 11.0. The van der Waals surface area contributed by atoms with Crippen LogP contribution < -0.4 is 5.73 Å². The second-order valence-corrected chi connectivity index (χ2v) is 5.22. The third-order valence-corrected chi connectivity index (χ3v) is 3.27. The largest absolute Gasteiger partial charge is 0.368 e. The lowest BCUT2D eigenvalue weighted by Crippen LogP contribution is -2.07. The summed E-state index contributed by atoms with van der Waals surface area (Å²) in [5, 5.41) is 0. The summed E-state index contributed by atoms with van der Waals surface area (Å²) in [6.45, 7) is 6.52. The predicted octanol–water partition coefficient (Wildman–Crippen LogP) is 2.30. The van der Waals surface area contributed by atoms with Gasteiger partial charge in [-0.05, 0) is 18.1 Å². The van der Waals surface area contributed by atoms with Crippen LogP contribution in [0.4, 0.5) is 5.95 Å². The van der Waals surface area contributed by atoms with Gasteiger partial charge in [0.1, 0.15) is 11.6 Å². The monoisotopic (exact) mass is 240 g/mol. The molecule has 1 aromatic rings. The van der Waals surface area contributed by atoms with Crippen LogP contribution >= 0.6 is 11.8 Å². The first-order chi connectivity index (χ1) is 7.61. The van der Waals surface area contributed by atoms with Crippen molar-refractivity contribution in [2.75, 3.05) is 11.5 Å². The van der Waals surface area contributed by atoms with Crippen LogP contribution in [0.3, 0.4) is 0 Å². The van der Waals surface area contributed by atoms with Gasteiger partial charge in [-0.1, -0.05) is 20.8 Å². The second kappa shape index (κ2) is 6.68. The summed E-state index contributed by atoms with van der Waals surface area (Å²) in [5.74, 6) is 4.60. The van der Waals surface area contributed by atoms with Crippen LogP contribution in [-0.4, -0.2) is 20.7 Å². The molecule has 0 amide bonds. The molecule has 1 aromatic heterocycles. The minimum atomic E-state index is 0.346. The van der Waals surface area contributed by atoms with Gasteiger partial charge in [-0.15, -0.1) is 0 Å². The van der Waals surface area contributed by atoms with Crippen LogP contribution in [-0.2, 0) is 12.2 Å². The third kappa shape index (κ3) is 4.79. The zero-order chi connectivity index (χ0) is 12.0. The van der Waals surface area contributed by atoms with Gasteiger partial charge in [-0.25, -0.2) is 4.98 Å². The van der Waals surface area contributed by atoms with Gasteiger partial charge in [0.05, 0.1) is 5.75 Å². The SMILES string of the molecule is CCCc1nc(N)nc(CSCC(C)C)n1. The molecular weight excluding hydrogens is 220 g/mol. The molecule has 16 heavy (non-hydrogen) atoms. The highest BCUT2D eigenvalue weighted by Gasteiger charge is 2.04. The van der Waals surface area contributed by atoms with Gasteiger partial charge in [0, 0.05) is 6.42 Å². The van der Waals surface area contributed by atoms with Gasteiger partial charge >= 0.3 is 0 Å². The standard InChI is InChI=1S/C11H20N4S/c1-4-5-9-13-10(15-11(12)14-9)7-16-6-8(2)3/h8H,4-7H2,1-3H3,(H2,12,13,14,15). The van der Waals surface area contributed by atoms with Crippen molar-refractivity contribution in [3.05, 3.63) is 11.6 Å². The quantitative estimate of drug-likeness (QED) is 0.826. The minimum absolute atomic E-state index is 0.346. The van der Waals surface area contributed by atoms with Crippen molar-refractivity contribution in [3.8, 4) is 0 Å². The zero-order valence-corrected chi connectivity index (χ0v) is 11.0. The van der Waals surface area contributed by atoms with E-state index in [0.717, 1.165) is 36.0 Å². The first-order valence-corrected chi connectivity index (χ1v) is 6.84. The van der Waals surface area contributed by atoms with Gasteiger partial charge in [0.2, 0.25) is 5.95 Å². The van der Waals surface area contributed by atoms with E-state index in [1.54, 1.807) is 0 Å². The maximum absolute atomic E-state index is 5.65.